The smallest absolute Gasteiger partial charge is 0.0964 e. The predicted molar refractivity (Wildman–Crippen MR) is 57.0 cm³/mol. The van der Waals surface area contributed by atoms with Crippen LogP contribution in [0.5, 0.6) is 0 Å². The number of hydrogen-bond acceptors (Lipinski definition) is 2. The molecule has 0 saturated carbocycles. The summed E-state index contributed by atoms with van der Waals surface area (Å²) >= 11 is 0. The Morgan fingerprint density at radius 3 is 1.79 bits per heavy atom. The third-order valence-corrected chi connectivity index (χ3v) is 2.24. The molecule has 0 amide bonds. The standard InChI is InChI=1S/C12H8N2/c1-3-9-5-6-10-4-2-8-14-12(10)11(9)13-7-1/h1-8H/i7D,8D. The molecule has 0 aliphatic heterocycles. The van der Waals surface area contributed by atoms with Crippen LogP contribution in [0.15, 0.2) is 48.7 Å². The largest absolute Gasteiger partial charge is 0.254 e. The third-order valence-electron chi connectivity index (χ3n) is 2.24. The normalized spacial score (nSPS) is 12.9. The highest BCUT2D eigenvalue weighted by atomic mass is 14.7. The van der Waals surface area contributed by atoms with Gasteiger partial charge in [0.25, 0.3) is 0 Å². The summed E-state index contributed by atoms with van der Waals surface area (Å²) in [5.74, 6) is 0. The Labute approximate surface area is 84.0 Å². The van der Waals surface area contributed by atoms with E-state index in [1.807, 2.05) is 24.3 Å². The molecule has 0 spiro atoms. The van der Waals surface area contributed by atoms with Crippen molar-refractivity contribution in [2.24, 2.45) is 0 Å². The van der Waals surface area contributed by atoms with E-state index in [1.54, 1.807) is 12.1 Å². The number of hydrogen-bond donors (Lipinski definition) is 0. The van der Waals surface area contributed by atoms with E-state index in [4.69, 9.17) is 2.74 Å². The van der Waals surface area contributed by atoms with E-state index >= 15 is 0 Å². The van der Waals surface area contributed by atoms with Crippen molar-refractivity contribution in [3.63, 3.8) is 0 Å². The van der Waals surface area contributed by atoms with Crippen LogP contribution in [-0.2, 0) is 0 Å². The minimum Gasteiger partial charge on any atom is -0.254 e. The van der Waals surface area contributed by atoms with Crippen molar-refractivity contribution in [2.75, 3.05) is 0 Å². The summed E-state index contributed by atoms with van der Waals surface area (Å²) in [6.45, 7) is 0. The number of benzene rings is 1. The Morgan fingerprint density at radius 1 is 0.786 bits per heavy atom. The van der Waals surface area contributed by atoms with Gasteiger partial charge in [0.1, 0.15) is 0 Å². The summed E-state index contributed by atoms with van der Waals surface area (Å²) in [5, 5.41) is 1.89. The highest BCUT2D eigenvalue weighted by Crippen LogP contribution is 2.20. The first-order valence-corrected chi connectivity index (χ1v) is 4.38. The van der Waals surface area contributed by atoms with Crippen LogP contribution in [0.1, 0.15) is 2.74 Å². The molecular formula is C12H8N2. The Bertz CT molecular complexity index is 634. The van der Waals surface area contributed by atoms with E-state index in [9.17, 15) is 0 Å². The van der Waals surface area contributed by atoms with Gasteiger partial charge in [-0.25, -0.2) is 0 Å². The maximum atomic E-state index is 7.52. The molecule has 0 unspecified atom stereocenters. The molecule has 0 saturated heterocycles. The molecule has 2 aromatic heterocycles. The first kappa shape index (κ1) is 5.70. The van der Waals surface area contributed by atoms with Crippen molar-refractivity contribution in [3.8, 4) is 0 Å². The maximum Gasteiger partial charge on any atom is 0.0964 e. The van der Waals surface area contributed by atoms with Gasteiger partial charge < -0.3 is 0 Å². The molecule has 0 aliphatic carbocycles. The molecule has 0 N–H and O–H groups in total. The number of pyridine rings is 2. The molecule has 2 nitrogen and oxygen atoms in total. The molecule has 66 valence electrons. The van der Waals surface area contributed by atoms with Crippen LogP contribution in [0, 0.1) is 0 Å². The summed E-state index contributed by atoms with van der Waals surface area (Å²) in [6.07, 6.45) is 0.439. The van der Waals surface area contributed by atoms with E-state index in [-0.39, 0.29) is 12.3 Å². The van der Waals surface area contributed by atoms with Gasteiger partial charge in [-0.15, -0.1) is 0 Å². The van der Waals surface area contributed by atoms with Crippen LogP contribution in [0.4, 0.5) is 0 Å². The second-order valence-corrected chi connectivity index (χ2v) is 3.09. The topological polar surface area (TPSA) is 25.8 Å². The van der Waals surface area contributed by atoms with Gasteiger partial charge in [0.05, 0.1) is 13.8 Å². The summed E-state index contributed by atoms with van der Waals surface area (Å²) < 4.78 is 15.0. The van der Waals surface area contributed by atoms with Crippen molar-refractivity contribution >= 4 is 21.8 Å². The zero-order valence-corrected chi connectivity index (χ0v) is 7.36. The summed E-state index contributed by atoms with van der Waals surface area (Å²) in [5.41, 5.74) is 1.39. The molecule has 3 rings (SSSR count). The Hall–Kier alpha value is -1.96. The number of nitrogens with zero attached hydrogens (tertiary/aromatic N) is 2. The maximum absolute atomic E-state index is 7.52. The molecule has 14 heavy (non-hydrogen) atoms. The van der Waals surface area contributed by atoms with Crippen molar-refractivity contribution in [2.45, 2.75) is 0 Å². The Balaban J connectivity index is 2.55. The Kier molecular flexibility index (Phi) is 1.13. The first-order valence-electron chi connectivity index (χ1n) is 5.38. The highest BCUT2D eigenvalue weighted by Gasteiger charge is 2.00. The second kappa shape index (κ2) is 2.77. The van der Waals surface area contributed by atoms with Crippen LogP contribution >= 0.6 is 0 Å². The van der Waals surface area contributed by atoms with E-state index in [2.05, 4.69) is 9.97 Å². The van der Waals surface area contributed by atoms with E-state index in [1.165, 1.54) is 0 Å². The second-order valence-electron chi connectivity index (χ2n) is 3.09. The van der Waals surface area contributed by atoms with Crippen molar-refractivity contribution < 1.29 is 2.74 Å². The van der Waals surface area contributed by atoms with Gasteiger partial charge in [-0.05, 0) is 12.1 Å². The molecule has 2 heteroatoms. The molecule has 3 aromatic rings. The lowest BCUT2D eigenvalue weighted by atomic mass is 10.1. The van der Waals surface area contributed by atoms with Gasteiger partial charge >= 0.3 is 0 Å². The zero-order chi connectivity index (χ0) is 11.1. The SMILES string of the molecule is [2H]c1ccc2ccc3ccc([2H])nc3c2n1. The minimum atomic E-state index is 0.220. The fourth-order valence-electron chi connectivity index (χ4n) is 1.57. The van der Waals surface area contributed by atoms with E-state index < -0.39 is 0 Å². The molecule has 0 radical (unpaired) electrons. The van der Waals surface area contributed by atoms with Gasteiger partial charge in [0.2, 0.25) is 0 Å². The first-order chi connectivity index (χ1) is 7.74. The average Bonchev–Trinajstić information content (AvgIpc) is 2.29. The van der Waals surface area contributed by atoms with E-state index in [0.717, 1.165) is 10.8 Å². The minimum absolute atomic E-state index is 0.220. The summed E-state index contributed by atoms with van der Waals surface area (Å²) in [4.78, 5) is 8.33. The van der Waals surface area contributed by atoms with Crippen LogP contribution in [0.25, 0.3) is 21.8 Å². The summed E-state index contributed by atoms with van der Waals surface area (Å²) in [7, 11) is 0. The monoisotopic (exact) mass is 182 g/mol. The van der Waals surface area contributed by atoms with Crippen LogP contribution < -0.4 is 0 Å². The molecule has 0 aliphatic rings. The highest BCUT2D eigenvalue weighted by molar-refractivity contribution is 6.02. The fourth-order valence-corrected chi connectivity index (χ4v) is 1.57. The zero-order valence-electron chi connectivity index (χ0n) is 9.36. The van der Waals surface area contributed by atoms with Crippen LogP contribution in [-0.4, -0.2) is 9.97 Å². The lowest BCUT2D eigenvalue weighted by molar-refractivity contribution is 1.37. The molecule has 2 heterocycles. The Morgan fingerprint density at radius 2 is 1.29 bits per heavy atom. The average molecular weight is 182 g/mol. The molecule has 0 fully saturated rings. The lowest BCUT2D eigenvalue weighted by Crippen LogP contribution is -1.83. The van der Waals surface area contributed by atoms with Gasteiger partial charge in [-0.1, -0.05) is 24.3 Å². The van der Waals surface area contributed by atoms with Crippen molar-refractivity contribution in [1.82, 2.24) is 9.97 Å². The number of rotatable bonds is 0. The molecular weight excluding hydrogens is 172 g/mol. The molecule has 1 aromatic carbocycles. The van der Waals surface area contributed by atoms with Crippen LogP contribution in [0.2, 0.25) is 0 Å². The van der Waals surface area contributed by atoms with E-state index in [0.29, 0.717) is 11.0 Å². The predicted octanol–water partition coefficient (Wildman–Crippen LogP) is 2.78. The van der Waals surface area contributed by atoms with Gasteiger partial charge in [0, 0.05) is 23.1 Å². The van der Waals surface area contributed by atoms with Gasteiger partial charge in [0.15, 0.2) is 0 Å². The van der Waals surface area contributed by atoms with Crippen molar-refractivity contribution in [1.29, 1.82) is 0 Å². The number of fused-ring (bicyclic) bond motifs is 3. The fraction of sp³-hybridized carbons (Fsp3) is 0. The number of aromatic nitrogens is 2. The molecule has 0 atom stereocenters. The van der Waals surface area contributed by atoms with Gasteiger partial charge in [-0.2, -0.15) is 0 Å². The van der Waals surface area contributed by atoms with Crippen LogP contribution in [0.3, 0.4) is 0 Å². The summed E-state index contributed by atoms with van der Waals surface area (Å²) in [6, 6.07) is 10.9. The lowest BCUT2D eigenvalue weighted by Gasteiger charge is -2.00. The van der Waals surface area contributed by atoms with Crippen molar-refractivity contribution in [3.05, 3.63) is 48.7 Å². The molecule has 0 bridgehead atoms. The van der Waals surface area contributed by atoms with Gasteiger partial charge in [-0.3, -0.25) is 9.97 Å². The third kappa shape index (κ3) is 0.973. The quantitative estimate of drug-likeness (QED) is 0.499.